The molecule has 2 heterocycles. The molecule has 1 aliphatic rings. The lowest BCUT2D eigenvalue weighted by atomic mass is 10.2. The molecule has 1 fully saturated rings. The maximum Gasteiger partial charge on any atom is 0.191 e. The summed E-state index contributed by atoms with van der Waals surface area (Å²) in [4.78, 5) is 9.02. The van der Waals surface area contributed by atoms with Gasteiger partial charge < -0.3 is 15.4 Å². The van der Waals surface area contributed by atoms with Crippen LogP contribution < -0.4 is 10.6 Å². The smallest absolute Gasteiger partial charge is 0.191 e. The van der Waals surface area contributed by atoms with Crippen LogP contribution in [0.4, 0.5) is 0 Å². The van der Waals surface area contributed by atoms with Crippen LogP contribution in [-0.2, 0) is 11.3 Å². The van der Waals surface area contributed by atoms with Crippen LogP contribution in [0.1, 0.15) is 31.2 Å². The van der Waals surface area contributed by atoms with Crippen molar-refractivity contribution >= 4 is 5.96 Å². The van der Waals surface area contributed by atoms with E-state index in [1.165, 1.54) is 0 Å². The molecule has 2 rings (SSSR count). The van der Waals surface area contributed by atoms with Gasteiger partial charge in [0.25, 0.3) is 0 Å². The molecule has 1 atom stereocenters. The Morgan fingerprint density at radius 1 is 1.45 bits per heavy atom. The predicted octanol–water partition coefficient (Wildman–Crippen LogP) is 1.62. The number of aliphatic imine (C=N–C) groups is 1. The van der Waals surface area contributed by atoms with Crippen LogP contribution in [0.5, 0.6) is 0 Å². The molecular formula is C15H24N4O. The molecule has 1 saturated heterocycles. The standard InChI is InChI=1S/C15H24N4O/c1-3-16-15(18-11-14-8-5-9-20-14)17-10-13-7-4-6-12(2)19-13/h4,6-7,14H,3,5,8-11H2,1-2H3,(H2,16,17,18). The third kappa shape index (κ3) is 4.81. The van der Waals surface area contributed by atoms with Gasteiger partial charge in [-0.25, -0.2) is 4.99 Å². The highest BCUT2D eigenvalue weighted by molar-refractivity contribution is 5.79. The molecular weight excluding hydrogens is 252 g/mol. The molecule has 0 radical (unpaired) electrons. The summed E-state index contributed by atoms with van der Waals surface area (Å²) in [5.41, 5.74) is 2.01. The summed E-state index contributed by atoms with van der Waals surface area (Å²) >= 11 is 0. The van der Waals surface area contributed by atoms with Crippen molar-refractivity contribution in [3.05, 3.63) is 29.6 Å². The molecule has 1 aromatic heterocycles. The lowest BCUT2D eigenvalue weighted by Gasteiger charge is -2.14. The van der Waals surface area contributed by atoms with Crippen molar-refractivity contribution in [3.8, 4) is 0 Å². The molecule has 0 aliphatic carbocycles. The minimum atomic E-state index is 0.316. The van der Waals surface area contributed by atoms with E-state index >= 15 is 0 Å². The molecule has 0 spiro atoms. The second-order valence-electron chi connectivity index (χ2n) is 4.98. The fourth-order valence-corrected chi connectivity index (χ4v) is 2.21. The summed E-state index contributed by atoms with van der Waals surface area (Å²) < 4.78 is 5.60. The monoisotopic (exact) mass is 276 g/mol. The second-order valence-corrected chi connectivity index (χ2v) is 4.98. The molecule has 5 nitrogen and oxygen atoms in total. The van der Waals surface area contributed by atoms with Gasteiger partial charge in [-0.1, -0.05) is 6.07 Å². The molecule has 1 aliphatic heterocycles. The highest BCUT2D eigenvalue weighted by Gasteiger charge is 2.15. The van der Waals surface area contributed by atoms with Crippen LogP contribution in [0.3, 0.4) is 0 Å². The van der Waals surface area contributed by atoms with Crippen molar-refractivity contribution in [2.24, 2.45) is 4.99 Å². The van der Waals surface area contributed by atoms with Crippen LogP contribution in [-0.4, -0.2) is 36.7 Å². The SMILES string of the molecule is CCNC(=NCc1cccc(C)n1)NCC1CCCO1. The van der Waals surface area contributed by atoms with Gasteiger partial charge in [0.2, 0.25) is 0 Å². The van der Waals surface area contributed by atoms with E-state index in [1.807, 2.05) is 25.1 Å². The van der Waals surface area contributed by atoms with E-state index in [4.69, 9.17) is 4.74 Å². The highest BCUT2D eigenvalue weighted by atomic mass is 16.5. The number of pyridine rings is 1. The second kappa shape index (κ2) is 7.85. The number of nitrogens with zero attached hydrogens (tertiary/aromatic N) is 2. The summed E-state index contributed by atoms with van der Waals surface area (Å²) in [7, 11) is 0. The van der Waals surface area contributed by atoms with Crippen molar-refractivity contribution < 1.29 is 4.74 Å². The Hall–Kier alpha value is -1.62. The van der Waals surface area contributed by atoms with E-state index in [0.29, 0.717) is 12.6 Å². The molecule has 1 aromatic rings. The zero-order valence-electron chi connectivity index (χ0n) is 12.4. The lowest BCUT2D eigenvalue weighted by molar-refractivity contribution is 0.114. The molecule has 5 heteroatoms. The lowest BCUT2D eigenvalue weighted by Crippen LogP contribution is -2.41. The molecule has 0 saturated carbocycles. The van der Waals surface area contributed by atoms with Crippen molar-refractivity contribution in [1.82, 2.24) is 15.6 Å². The Morgan fingerprint density at radius 3 is 3.05 bits per heavy atom. The fourth-order valence-electron chi connectivity index (χ4n) is 2.21. The van der Waals surface area contributed by atoms with Crippen LogP contribution in [0.15, 0.2) is 23.2 Å². The van der Waals surface area contributed by atoms with Crippen molar-refractivity contribution in [3.63, 3.8) is 0 Å². The van der Waals surface area contributed by atoms with Crippen molar-refractivity contribution in [1.29, 1.82) is 0 Å². The maximum absolute atomic E-state index is 5.60. The van der Waals surface area contributed by atoms with E-state index in [0.717, 1.165) is 49.9 Å². The fraction of sp³-hybridized carbons (Fsp3) is 0.600. The number of aryl methyl sites for hydroxylation is 1. The maximum atomic E-state index is 5.60. The van der Waals surface area contributed by atoms with Gasteiger partial charge in [0.1, 0.15) is 0 Å². The third-order valence-electron chi connectivity index (χ3n) is 3.21. The first-order valence-electron chi connectivity index (χ1n) is 7.34. The summed E-state index contributed by atoms with van der Waals surface area (Å²) in [5.74, 6) is 0.825. The summed E-state index contributed by atoms with van der Waals surface area (Å²) in [6.45, 7) is 7.18. The Bertz CT molecular complexity index is 441. The first-order valence-corrected chi connectivity index (χ1v) is 7.34. The Balaban J connectivity index is 1.87. The van der Waals surface area contributed by atoms with E-state index in [2.05, 4.69) is 27.5 Å². The zero-order valence-corrected chi connectivity index (χ0v) is 12.4. The average molecular weight is 276 g/mol. The Morgan fingerprint density at radius 2 is 2.35 bits per heavy atom. The van der Waals surface area contributed by atoms with Gasteiger partial charge in [-0.15, -0.1) is 0 Å². The predicted molar refractivity (Wildman–Crippen MR) is 80.8 cm³/mol. The molecule has 2 N–H and O–H groups in total. The molecule has 0 aromatic carbocycles. The van der Waals surface area contributed by atoms with Gasteiger partial charge in [-0.3, -0.25) is 4.98 Å². The van der Waals surface area contributed by atoms with Gasteiger partial charge >= 0.3 is 0 Å². The number of hydrogen-bond acceptors (Lipinski definition) is 3. The first kappa shape index (κ1) is 14.8. The molecule has 20 heavy (non-hydrogen) atoms. The van der Waals surface area contributed by atoms with Crippen LogP contribution >= 0.6 is 0 Å². The minimum absolute atomic E-state index is 0.316. The van der Waals surface area contributed by atoms with Crippen LogP contribution in [0, 0.1) is 6.92 Å². The number of hydrogen-bond donors (Lipinski definition) is 2. The quantitative estimate of drug-likeness (QED) is 0.634. The number of rotatable bonds is 5. The normalized spacial score (nSPS) is 19.1. The van der Waals surface area contributed by atoms with Gasteiger partial charge in [-0.2, -0.15) is 0 Å². The van der Waals surface area contributed by atoms with Crippen LogP contribution in [0.25, 0.3) is 0 Å². The van der Waals surface area contributed by atoms with Crippen molar-refractivity contribution in [2.45, 2.75) is 39.3 Å². The Kier molecular flexibility index (Phi) is 5.80. The van der Waals surface area contributed by atoms with Gasteiger partial charge in [0, 0.05) is 25.4 Å². The van der Waals surface area contributed by atoms with Gasteiger partial charge in [0.05, 0.1) is 18.3 Å². The summed E-state index contributed by atoms with van der Waals surface area (Å²) in [6, 6.07) is 6.01. The van der Waals surface area contributed by atoms with Crippen molar-refractivity contribution in [2.75, 3.05) is 19.7 Å². The topological polar surface area (TPSA) is 58.5 Å². The van der Waals surface area contributed by atoms with Crippen LogP contribution in [0.2, 0.25) is 0 Å². The van der Waals surface area contributed by atoms with E-state index < -0.39 is 0 Å². The number of ether oxygens (including phenoxy) is 1. The third-order valence-corrected chi connectivity index (χ3v) is 3.21. The largest absolute Gasteiger partial charge is 0.376 e. The zero-order chi connectivity index (χ0) is 14.2. The molecule has 110 valence electrons. The molecule has 1 unspecified atom stereocenters. The van der Waals surface area contributed by atoms with Gasteiger partial charge in [-0.05, 0) is 38.8 Å². The van der Waals surface area contributed by atoms with E-state index in [1.54, 1.807) is 0 Å². The van der Waals surface area contributed by atoms with E-state index in [-0.39, 0.29) is 0 Å². The minimum Gasteiger partial charge on any atom is -0.376 e. The number of guanidine groups is 1. The molecule has 0 amide bonds. The first-order chi connectivity index (χ1) is 9.78. The summed E-state index contributed by atoms with van der Waals surface area (Å²) in [5, 5.41) is 6.58. The molecule has 0 bridgehead atoms. The number of nitrogens with one attached hydrogen (secondary N) is 2. The highest BCUT2D eigenvalue weighted by Crippen LogP contribution is 2.10. The average Bonchev–Trinajstić information content (AvgIpc) is 2.95. The number of aromatic nitrogens is 1. The van der Waals surface area contributed by atoms with Gasteiger partial charge in [0.15, 0.2) is 5.96 Å². The Labute approximate surface area is 120 Å². The summed E-state index contributed by atoms with van der Waals surface area (Å²) in [6.07, 6.45) is 2.61. The van der Waals surface area contributed by atoms with E-state index in [9.17, 15) is 0 Å².